The zero-order valence-electron chi connectivity index (χ0n) is 21.1. The van der Waals surface area contributed by atoms with Crippen molar-refractivity contribution < 1.29 is 4.42 Å². The topological polar surface area (TPSA) is 30.1 Å². The molecule has 0 saturated heterocycles. The van der Waals surface area contributed by atoms with Crippen LogP contribution in [0.3, 0.4) is 0 Å². The van der Waals surface area contributed by atoms with E-state index in [0.717, 1.165) is 39.0 Å². The Balaban J connectivity index is 1.26. The van der Waals surface area contributed by atoms with Gasteiger partial charge in [0.25, 0.3) is 0 Å². The lowest BCUT2D eigenvalue weighted by Crippen LogP contribution is -1.94. The standard InChI is InChI=1S/C36H24N2O/c1-2-8-26(9-3-1)37-27-17-14-24(15-18-27)25-16-20-30-29-10-4-6-12-33(29)38(34(30)22-25)28-19-21-32-31-11-5-7-13-35(31)39-36(32)23-28/h1-23,37H. The van der Waals surface area contributed by atoms with E-state index in [1.165, 1.54) is 32.9 Å². The Morgan fingerprint density at radius 1 is 0.436 bits per heavy atom. The molecule has 0 radical (unpaired) electrons. The van der Waals surface area contributed by atoms with E-state index in [-0.39, 0.29) is 0 Å². The molecule has 0 bridgehead atoms. The minimum absolute atomic E-state index is 0.900. The number of furan rings is 1. The van der Waals surface area contributed by atoms with Crippen LogP contribution >= 0.6 is 0 Å². The third-order valence-corrected chi connectivity index (χ3v) is 7.57. The Morgan fingerprint density at radius 2 is 1.08 bits per heavy atom. The highest BCUT2D eigenvalue weighted by Crippen LogP contribution is 2.37. The van der Waals surface area contributed by atoms with E-state index in [9.17, 15) is 0 Å². The molecule has 3 nitrogen and oxygen atoms in total. The van der Waals surface area contributed by atoms with Gasteiger partial charge in [0.15, 0.2) is 0 Å². The van der Waals surface area contributed by atoms with Crippen molar-refractivity contribution >= 4 is 55.1 Å². The number of anilines is 2. The predicted molar refractivity (Wildman–Crippen MR) is 163 cm³/mol. The maximum absolute atomic E-state index is 6.24. The van der Waals surface area contributed by atoms with Crippen LogP contribution in [0.15, 0.2) is 144 Å². The molecular formula is C36H24N2O. The summed E-state index contributed by atoms with van der Waals surface area (Å²) in [7, 11) is 0. The van der Waals surface area contributed by atoms with Crippen molar-refractivity contribution in [2.45, 2.75) is 0 Å². The smallest absolute Gasteiger partial charge is 0.137 e. The summed E-state index contributed by atoms with van der Waals surface area (Å²) in [6.45, 7) is 0. The van der Waals surface area contributed by atoms with Gasteiger partial charge in [0.2, 0.25) is 0 Å². The second kappa shape index (κ2) is 8.64. The summed E-state index contributed by atoms with van der Waals surface area (Å²) < 4.78 is 8.60. The van der Waals surface area contributed by atoms with E-state index >= 15 is 0 Å². The van der Waals surface area contributed by atoms with E-state index in [1.54, 1.807) is 0 Å². The summed E-state index contributed by atoms with van der Waals surface area (Å²) in [5.41, 5.74) is 9.78. The molecule has 8 rings (SSSR count). The monoisotopic (exact) mass is 500 g/mol. The predicted octanol–water partition coefficient (Wildman–Crippen LogP) is 10.1. The van der Waals surface area contributed by atoms with Crippen LogP contribution in [0.4, 0.5) is 11.4 Å². The molecule has 39 heavy (non-hydrogen) atoms. The fourth-order valence-electron chi connectivity index (χ4n) is 5.72. The van der Waals surface area contributed by atoms with Crippen LogP contribution in [0.2, 0.25) is 0 Å². The van der Waals surface area contributed by atoms with Gasteiger partial charge in [-0.2, -0.15) is 0 Å². The molecule has 0 amide bonds. The second-order valence-electron chi connectivity index (χ2n) is 9.93. The molecule has 0 aliphatic rings. The van der Waals surface area contributed by atoms with E-state index in [0.29, 0.717) is 0 Å². The zero-order chi connectivity index (χ0) is 25.8. The number of benzene rings is 6. The van der Waals surface area contributed by atoms with E-state index in [1.807, 2.05) is 30.3 Å². The third-order valence-electron chi connectivity index (χ3n) is 7.57. The molecule has 0 aliphatic heterocycles. The molecule has 1 N–H and O–H groups in total. The van der Waals surface area contributed by atoms with Crippen LogP contribution in [-0.2, 0) is 0 Å². The Hall–Kier alpha value is -5.28. The van der Waals surface area contributed by atoms with Gasteiger partial charge in [-0.25, -0.2) is 0 Å². The molecule has 184 valence electrons. The molecule has 2 heterocycles. The lowest BCUT2D eigenvalue weighted by Gasteiger charge is -2.10. The minimum Gasteiger partial charge on any atom is -0.456 e. The second-order valence-corrected chi connectivity index (χ2v) is 9.93. The van der Waals surface area contributed by atoms with Gasteiger partial charge in [0.05, 0.1) is 11.0 Å². The molecule has 0 unspecified atom stereocenters. The first-order chi connectivity index (χ1) is 19.3. The largest absolute Gasteiger partial charge is 0.456 e. The van der Waals surface area contributed by atoms with Gasteiger partial charge in [0, 0.05) is 44.7 Å². The average Bonchev–Trinajstić information content (AvgIpc) is 3.53. The van der Waals surface area contributed by atoms with Crippen molar-refractivity contribution in [3.8, 4) is 16.8 Å². The first kappa shape index (κ1) is 21.8. The average molecular weight is 501 g/mol. The molecule has 8 aromatic rings. The minimum atomic E-state index is 0.900. The number of para-hydroxylation sites is 3. The third kappa shape index (κ3) is 3.59. The molecule has 0 atom stereocenters. The first-order valence-corrected chi connectivity index (χ1v) is 13.2. The molecule has 0 spiro atoms. The lowest BCUT2D eigenvalue weighted by atomic mass is 10.0. The van der Waals surface area contributed by atoms with Gasteiger partial charge in [-0.15, -0.1) is 0 Å². The molecule has 2 aromatic heterocycles. The highest BCUT2D eigenvalue weighted by molar-refractivity contribution is 6.11. The summed E-state index contributed by atoms with van der Waals surface area (Å²) in [6.07, 6.45) is 0. The number of hydrogen-bond donors (Lipinski definition) is 1. The number of aromatic nitrogens is 1. The fourth-order valence-corrected chi connectivity index (χ4v) is 5.72. The molecule has 6 aromatic carbocycles. The van der Waals surface area contributed by atoms with Crippen LogP contribution in [-0.4, -0.2) is 4.57 Å². The SMILES string of the molecule is c1ccc(Nc2ccc(-c3ccc4c5ccccc5n(-c5ccc6c(c5)oc5ccccc56)c4c3)cc2)cc1. The van der Waals surface area contributed by atoms with Gasteiger partial charge < -0.3 is 14.3 Å². The summed E-state index contributed by atoms with van der Waals surface area (Å²) in [5.74, 6) is 0. The Labute approximate surface area is 225 Å². The molecular weight excluding hydrogens is 476 g/mol. The highest BCUT2D eigenvalue weighted by Gasteiger charge is 2.15. The maximum Gasteiger partial charge on any atom is 0.137 e. The Kier molecular flexibility index (Phi) is 4.82. The van der Waals surface area contributed by atoms with Crippen molar-refractivity contribution in [3.63, 3.8) is 0 Å². The number of hydrogen-bond acceptors (Lipinski definition) is 2. The Morgan fingerprint density at radius 3 is 1.95 bits per heavy atom. The maximum atomic E-state index is 6.24. The van der Waals surface area contributed by atoms with Crippen molar-refractivity contribution in [3.05, 3.63) is 140 Å². The van der Waals surface area contributed by atoms with E-state index in [4.69, 9.17) is 4.42 Å². The van der Waals surface area contributed by atoms with Gasteiger partial charge in [-0.1, -0.05) is 78.9 Å². The van der Waals surface area contributed by atoms with Crippen molar-refractivity contribution in [2.75, 3.05) is 5.32 Å². The van der Waals surface area contributed by atoms with Gasteiger partial charge in [-0.05, 0) is 65.7 Å². The Bertz CT molecular complexity index is 2130. The summed E-state index contributed by atoms with van der Waals surface area (Å²) in [6, 6.07) is 49.1. The molecule has 0 fully saturated rings. The lowest BCUT2D eigenvalue weighted by molar-refractivity contribution is 0.668. The van der Waals surface area contributed by atoms with Crippen LogP contribution in [0.1, 0.15) is 0 Å². The summed E-state index contributed by atoms with van der Waals surface area (Å²) in [5, 5.41) is 8.24. The van der Waals surface area contributed by atoms with Gasteiger partial charge in [0.1, 0.15) is 11.2 Å². The molecule has 0 saturated carbocycles. The number of rotatable bonds is 4. The normalized spacial score (nSPS) is 11.6. The van der Waals surface area contributed by atoms with Crippen molar-refractivity contribution in [2.24, 2.45) is 0 Å². The number of fused-ring (bicyclic) bond motifs is 6. The number of nitrogens with zero attached hydrogens (tertiary/aromatic N) is 1. The van der Waals surface area contributed by atoms with Crippen LogP contribution < -0.4 is 5.32 Å². The summed E-state index contributed by atoms with van der Waals surface area (Å²) >= 11 is 0. The van der Waals surface area contributed by atoms with E-state index < -0.39 is 0 Å². The van der Waals surface area contributed by atoms with Crippen molar-refractivity contribution in [1.29, 1.82) is 0 Å². The van der Waals surface area contributed by atoms with Gasteiger partial charge in [-0.3, -0.25) is 0 Å². The fraction of sp³-hybridized carbons (Fsp3) is 0. The molecule has 0 aliphatic carbocycles. The first-order valence-electron chi connectivity index (χ1n) is 13.2. The number of nitrogens with one attached hydrogen (secondary N) is 1. The van der Waals surface area contributed by atoms with E-state index in [2.05, 4.69) is 119 Å². The highest BCUT2D eigenvalue weighted by atomic mass is 16.3. The zero-order valence-corrected chi connectivity index (χ0v) is 21.1. The molecule has 3 heteroatoms. The quantitative estimate of drug-likeness (QED) is 0.260. The summed E-state index contributed by atoms with van der Waals surface area (Å²) in [4.78, 5) is 0. The van der Waals surface area contributed by atoms with Crippen molar-refractivity contribution in [1.82, 2.24) is 4.57 Å². The van der Waals surface area contributed by atoms with Crippen LogP contribution in [0.5, 0.6) is 0 Å². The van der Waals surface area contributed by atoms with Crippen LogP contribution in [0.25, 0.3) is 60.6 Å². The van der Waals surface area contributed by atoms with Crippen LogP contribution in [0, 0.1) is 0 Å². The van der Waals surface area contributed by atoms with Gasteiger partial charge >= 0.3 is 0 Å².